The summed E-state index contributed by atoms with van der Waals surface area (Å²) < 4.78 is 5.27. The van der Waals surface area contributed by atoms with Gasteiger partial charge >= 0.3 is 5.97 Å². The van der Waals surface area contributed by atoms with Crippen molar-refractivity contribution in [3.05, 3.63) is 0 Å². The van der Waals surface area contributed by atoms with E-state index in [1.165, 1.54) is 0 Å². The molecule has 0 unspecified atom stereocenters. The van der Waals surface area contributed by atoms with Crippen LogP contribution in [0.1, 0.15) is 26.7 Å². The molecule has 1 saturated heterocycles. The molecule has 0 atom stereocenters. The Kier molecular flexibility index (Phi) is 3.53. The minimum Gasteiger partial charge on any atom is -0.462 e. The van der Waals surface area contributed by atoms with E-state index in [1.54, 1.807) is 0 Å². The van der Waals surface area contributed by atoms with Gasteiger partial charge in [-0.2, -0.15) is 0 Å². The first-order chi connectivity index (χ1) is 5.70. The lowest BCUT2D eigenvalue weighted by Gasteiger charge is -2.23. The minimum atomic E-state index is -0.0677. The van der Waals surface area contributed by atoms with E-state index in [9.17, 15) is 4.79 Å². The zero-order valence-electron chi connectivity index (χ0n) is 7.80. The van der Waals surface area contributed by atoms with Crippen molar-refractivity contribution in [2.45, 2.75) is 32.8 Å². The molecule has 1 N–H and O–H groups in total. The zero-order chi connectivity index (χ0) is 8.97. The standard InChI is InChI=1S/C9H17NO2/c1-7(2)9(11)12-8-3-5-10-6-4-8/h7-8,10H,3-6H2,1-2H3. The minimum absolute atomic E-state index is 0.000106. The van der Waals surface area contributed by atoms with Gasteiger partial charge in [0.15, 0.2) is 0 Å². The molecule has 0 aromatic heterocycles. The molecule has 3 heteroatoms. The zero-order valence-corrected chi connectivity index (χ0v) is 7.80. The summed E-state index contributed by atoms with van der Waals surface area (Å²) in [4.78, 5) is 11.2. The maximum atomic E-state index is 11.2. The summed E-state index contributed by atoms with van der Waals surface area (Å²) in [5.41, 5.74) is 0. The summed E-state index contributed by atoms with van der Waals surface area (Å²) in [6, 6.07) is 0. The van der Waals surface area contributed by atoms with Crippen LogP contribution in [0.5, 0.6) is 0 Å². The van der Waals surface area contributed by atoms with Crippen molar-refractivity contribution in [3.63, 3.8) is 0 Å². The molecule has 0 aliphatic carbocycles. The van der Waals surface area contributed by atoms with Crippen molar-refractivity contribution >= 4 is 5.97 Å². The van der Waals surface area contributed by atoms with E-state index in [2.05, 4.69) is 5.32 Å². The number of nitrogens with one attached hydrogen (secondary N) is 1. The lowest BCUT2D eigenvalue weighted by atomic mass is 10.1. The Morgan fingerprint density at radius 2 is 2.00 bits per heavy atom. The third-order valence-corrected chi connectivity index (χ3v) is 2.04. The summed E-state index contributed by atoms with van der Waals surface area (Å²) >= 11 is 0. The van der Waals surface area contributed by atoms with Crippen LogP contribution in [0.25, 0.3) is 0 Å². The number of ether oxygens (including phenoxy) is 1. The average molecular weight is 171 g/mol. The number of piperidine rings is 1. The highest BCUT2D eigenvalue weighted by atomic mass is 16.5. The molecule has 0 bridgehead atoms. The summed E-state index contributed by atoms with van der Waals surface area (Å²) in [5, 5.41) is 3.23. The summed E-state index contributed by atoms with van der Waals surface area (Å²) in [5.74, 6) is -0.0678. The van der Waals surface area contributed by atoms with Crippen LogP contribution < -0.4 is 5.32 Å². The average Bonchev–Trinajstić information content (AvgIpc) is 2.06. The Bertz CT molecular complexity index is 151. The third kappa shape index (κ3) is 2.81. The molecular weight excluding hydrogens is 154 g/mol. The largest absolute Gasteiger partial charge is 0.462 e. The summed E-state index contributed by atoms with van der Waals surface area (Å²) in [6.45, 7) is 5.67. The van der Waals surface area contributed by atoms with Crippen LogP contribution in [-0.2, 0) is 9.53 Å². The van der Waals surface area contributed by atoms with Crippen LogP contribution in [0.2, 0.25) is 0 Å². The molecule has 1 aliphatic rings. The Morgan fingerprint density at radius 3 is 2.50 bits per heavy atom. The normalized spacial score (nSPS) is 19.6. The van der Waals surface area contributed by atoms with Crippen LogP contribution in [0, 0.1) is 5.92 Å². The maximum absolute atomic E-state index is 11.2. The van der Waals surface area contributed by atoms with Crippen molar-refractivity contribution in [2.24, 2.45) is 5.92 Å². The highest BCUT2D eigenvalue weighted by molar-refractivity contribution is 5.71. The van der Waals surface area contributed by atoms with E-state index >= 15 is 0 Å². The molecule has 1 rings (SSSR count). The van der Waals surface area contributed by atoms with Crippen molar-refractivity contribution in [2.75, 3.05) is 13.1 Å². The van der Waals surface area contributed by atoms with Gasteiger partial charge < -0.3 is 10.1 Å². The highest BCUT2D eigenvalue weighted by Crippen LogP contribution is 2.09. The van der Waals surface area contributed by atoms with E-state index in [1.807, 2.05) is 13.8 Å². The van der Waals surface area contributed by atoms with Gasteiger partial charge in [-0.25, -0.2) is 0 Å². The van der Waals surface area contributed by atoms with Crippen molar-refractivity contribution in [1.29, 1.82) is 0 Å². The fourth-order valence-electron chi connectivity index (χ4n) is 1.21. The molecule has 0 aromatic rings. The SMILES string of the molecule is CC(C)C(=O)OC1CCNCC1. The molecule has 1 aliphatic heterocycles. The molecule has 1 fully saturated rings. The first-order valence-corrected chi connectivity index (χ1v) is 4.61. The Balaban J connectivity index is 2.24. The molecule has 0 amide bonds. The predicted molar refractivity (Wildman–Crippen MR) is 46.8 cm³/mol. The lowest BCUT2D eigenvalue weighted by Crippen LogP contribution is -2.34. The Morgan fingerprint density at radius 1 is 1.42 bits per heavy atom. The Labute approximate surface area is 73.5 Å². The molecule has 0 saturated carbocycles. The molecule has 70 valence electrons. The van der Waals surface area contributed by atoms with Gasteiger partial charge in [-0.15, -0.1) is 0 Å². The van der Waals surface area contributed by atoms with E-state index in [-0.39, 0.29) is 18.0 Å². The second kappa shape index (κ2) is 4.45. The summed E-state index contributed by atoms with van der Waals surface area (Å²) in [7, 11) is 0. The van der Waals surface area contributed by atoms with Crippen molar-refractivity contribution in [1.82, 2.24) is 5.32 Å². The van der Waals surface area contributed by atoms with Gasteiger partial charge in [-0.3, -0.25) is 4.79 Å². The quantitative estimate of drug-likeness (QED) is 0.628. The van der Waals surface area contributed by atoms with Gasteiger partial charge in [0.05, 0.1) is 5.92 Å². The lowest BCUT2D eigenvalue weighted by molar-refractivity contribution is -0.153. The van der Waals surface area contributed by atoms with E-state index in [0.717, 1.165) is 25.9 Å². The van der Waals surface area contributed by atoms with Crippen LogP contribution >= 0.6 is 0 Å². The number of hydrogen-bond donors (Lipinski definition) is 1. The molecule has 0 radical (unpaired) electrons. The van der Waals surface area contributed by atoms with E-state index in [4.69, 9.17) is 4.74 Å². The van der Waals surface area contributed by atoms with Crippen LogP contribution in [0.4, 0.5) is 0 Å². The van der Waals surface area contributed by atoms with Crippen LogP contribution in [-0.4, -0.2) is 25.2 Å². The van der Waals surface area contributed by atoms with Gasteiger partial charge in [0.1, 0.15) is 6.10 Å². The number of carbonyl (C=O) groups excluding carboxylic acids is 1. The van der Waals surface area contributed by atoms with Gasteiger partial charge in [0, 0.05) is 0 Å². The fourth-order valence-corrected chi connectivity index (χ4v) is 1.21. The molecular formula is C9H17NO2. The first kappa shape index (κ1) is 9.52. The van der Waals surface area contributed by atoms with Gasteiger partial charge in [-0.1, -0.05) is 13.8 Å². The van der Waals surface area contributed by atoms with Crippen molar-refractivity contribution in [3.8, 4) is 0 Å². The molecule has 1 heterocycles. The monoisotopic (exact) mass is 171 g/mol. The maximum Gasteiger partial charge on any atom is 0.308 e. The number of rotatable bonds is 2. The molecule has 12 heavy (non-hydrogen) atoms. The van der Waals surface area contributed by atoms with Crippen molar-refractivity contribution < 1.29 is 9.53 Å². The van der Waals surface area contributed by atoms with Gasteiger partial charge in [0.2, 0.25) is 0 Å². The molecule has 0 aromatic carbocycles. The predicted octanol–water partition coefficient (Wildman–Crippen LogP) is 0.938. The summed E-state index contributed by atoms with van der Waals surface area (Å²) in [6.07, 6.45) is 2.07. The van der Waals surface area contributed by atoms with Crippen LogP contribution in [0.15, 0.2) is 0 Å². The van der Waals surface area contributed by atoms with Gasteiger partial charge in [0.25, 0.3) is 0 Å². The fraction of sp³-hybridized carbons (Fsp3) is 0.889. The Hall–Kier alpha value is -0.570. The van der Waals surface area contributed by atoms with E-state index in [0.29, 0.717) is 0 Å². The number of hydrogen-bond acceptors (Lipinski definition) is 3. The second-order valence-corrected chi connectivity index (χ2v) is 3.54. The van der Waals surface area contributed by atoms with Gasteiger partial charge in [-0.05, 0) is 25.9 Å². The molecule has 3 nitrogen and oxygen atoms in total. The van der Waals surface area contributed by atoms with E-state index < -0.39 is 0 Å². The number of esters is 1. The smallest absolute Gasteiger partial charge is 0.308 e. The first-order valence-electron chi connectivity index (χ1n) is 4.61. The number of carbonyl (C=O) groups is 1. The molecule has 0 spiro atoms. The highest BCUT2D eigenvalue weighted by Gasteiger charge is 2.18. The van der Waals surface area contributed by atoms with Crippen LogP contribution in [0.3, 0.4) is 0 Å². The third-order valence-electron chi connectivity index (χ3n) is 2.04. The topological polar surface area (TPSA) is 38.3 Å². The second-order valence-electron chi connectivity index (χ2n) is 3.54.